The molecule has 0 aliphatic carbocycles. The molecule has 1 N–H and O–H groups in total. The number of carbonyl (C=O) groups excluding carboxylic acids is 2. The van der Waals surface area contributed by atoms with E-state index in [1.54, 1.807) is 32.0 Å². The average Bonchev–Trinajstić information content (AvgIpc) is 3.01. The van der Waals surface area contributed by atoms with Gasteiger partial charge in [-0.1, -0.05) is 23.7 Å². The fourth-order valence-corrected chi connectivity index (χ4v) is 4.19. The van der Waals surface area contributed by atoms with E-state index >= 15 is 0 Å². The molecule has 184 valence electrons. The van der Waals surface area contributed by atoms with Crippen molar-refractivity contribution in [3.8, 4) is 16.9 Å². The Morgan fingerprint density at radius 1 is 1.11 bits per heavy atom. The van der Waals surface area contributed by atoms with E-state index in [4.69, 9.17) is 22.9 Å². The minimum Gasteiger partial charge on any atom is -0.490 e. The number of pyridine rings is 1. The Morgan fingerprint density at radius 2 is 1.83 bits per heavy atom. The van der Waals surface area contributed by atoms with Crippen LogP contribution in [0, 0.1) is 12.4 Å². The number of hydrogen-bond donors (Lipinski definition) is 1. The number of amides is 3. The molecule has 0 spiro atoms. The molecule has 0 saturated carbocycles. The maximum atomic E-state index is 14.6. The van der Waals surface area contributed by atoms with Crippen LogP contribution < -0.4 is 14.4 Å². The van der Waals surface area contributed by atoms with E-state index < -0.39 is 23.3 Å². The molecule has 2 heterocycles. The summed E-state index contributed by atoms with van der Waals surface area (Å²) in [7, 11) is 0. The molecular formula is C26H23ClFN4O4+. The van der Waals surface area contributed by atoms with E-state index in [9.17, 15) is 19.2 Å². The second kappa shape index (κ2) is 9.84. The van der Waals surface area contributed by atoms with Crippen molar-refractivity contribution in [1.29, 1.82) is 0 Å². The van der Waals surface area contributed by atoms with Crippen molar-refractivity contribution in [2.45, 2.75) is 25.8 Å². The minimum atomic E-state index is -1.10. The third kappa shape index (κ3) is 4.68. The lowest BCUT2D eigenvalue weighted by molar-refractivity contribution is -0.904. The Kier molecular flexibility index (Phi) is 6.82. The van der Waals surface area contributed by atoms with Gasteiger partial charge in [-0.3, -0.25) is 10.0 Å². The van der Waals surface area contributed by atoms with Crippen molar-refractivity contribution in [2.75, 3.05) is 18.1 Å². The molecule has 0 unspecified atom stereocenters. The van der Waals surface area contributed by atoms with Gasteiger partial charge in [0, 0.05) is 28.4 Å². The zero-order valence-electron chi connectivity index (χ0n) is 19.6. The van der Waals surface area contributed by atoms with Gasteiger partial charge in [0.2, 0.25) is 18.1 Å². The summed E-state index contributed by atoms with van der Waals surface area (Å²) in [4.78, 5) is 32.0. The number of rotatable bonds is 7. The van der Waals surface area contributed by atoms with Crippen LogP contribution in [0.2, 0.25) is 5.02 Å². The van der Waals surface area contributed by atoms with Crippen molar-refractivity contribution in [1.82, 2.24) is 4.90 Å². The third-order valence-electron chi connectivity index (χ3n) is 6.00. The highest BCUT2D eigenvalue weighted by Crippen LogP contribution is 2.36. The third-order valence-corrected chi connectivity index (χ3v) is 6.30. The number of nitrogens with zero attached hydrogens (tertiary/aromatic N) is 4. The van der Waals surface area contributed by atoms with Gasteiger partial charge in [-0.2, -0.15) is 0 Å². The summed E-state index contributed by atoms with van der Waals surface area (Å²) in [6.45, 7) is 10.8. The maximum Gasteiger partial charge on any atom is 0.332 e. The molecule has 1 saturated heterocycles. The molecular weight excluding hydrogens is 487 g/mol. The standard InChI is InChI=1S/C26H23ClFN4O4/c1-26(2)24(33)32(19-6-7-22(29-3)20(27)16-19)25(34)31(26)11-4-14-36-23-8-5-18(15-21(23)28)17-9-12-30(35)13-10-17/h5-10,12-13,15-16,35H,4,11,14H2,1-2H3/q+1. The number of benzene rings is 2. The first-order valence-corrected chi connectivity index (χ1v) is 11.5. The van der Waals surface area contributed by atoms with Gasteiger partial charge in [0.25, 0.3) is 5.91 Å². The molecule has 1 aromatic heterocycles. The summed E-state index contributed by atoms with van der Waals surface area (Å²) < 4.78 is 21.1. The SMILES string of the molecule is [C-]#[N+]c1ccc(N2C(=O)N(CCCOc3ccc(-c4cc[n+](O)cc4)cc3F)C(C)(C)C2=O)cc1Cl. The summed E-state index contributed by atoms with van der Waals surface area (Å²) in [6.07, 6.45) is 3.26. The van der Waals surface area contributed by atoms with Crippen LogP contribution in [0.4, 0.5) is 20.6 Å². The minimum absolute atomic E-state index is 0.0751. The van der Waals surface area contributed by atoms with Crippen LogP contribution in [0.15, 0.2) is 60.9 Å². The second-order valence-corrected chi connectivity index (χ2v) is 9.10. The van der Waals surface area contributed by atoms with Crippen LogP contribution in [-0.4, -0.2) is 40.7 Å². The van der Waals surface area contributed by atoms with Crippen LogP contribution in [0.3, 0.4) is 0 Å². The molecule has 2 aromatic carbocycles. The van der Waals surface area contributed by atoms with Crippen molar-refractivity contribution in [3.63, 3.8) is 0 Å². The number of hydrogen-bond acceptors (Lipinski definition) is 4. The van der Waals surface area contributed by atoms with Gasteiger partial charge in [-0.25, -0.2) is 18.9 Å². The molecule has 3 aromatic rings. The van der Waals surface area contributed by atoms with Gasteiger partial charge in [0.1, 0.15) is 5.54 Å². The van der Waals surface area contributed by atoms with Gasteiger partial charge >= 0.3 is 6.03 Å². The van der Waals surface area contributed by atoms with Crippen molar-refractivity contribution >= 4 is 34.9 Å². The van der Waals surface area contributed by atoms with E-state index in [0.29, 0.717) is 17.7 Å². The van der Waals surface area contributed by atoms with Crippen molar-refractivity contribution in [2.24, 2.45) is 0 Å². The second-order valence-electron chi connectivity index (χ2n) is 8.70. The van der Waals surface area contributed by atoms with Gasteiger partial charge in [-0.15, -0.1) is 0 Å². The Morgan fingerprint density at radius 3 is 2.47 bits per heavy atom. The van der Waals surface area contributed by atoms with E-state index in [1.165, 1.54) is 47.6 Å². The first-order valence-electron chi connectivity index (χ1n) is 11.1. The largest absolute Gasteiger partial charge is 0.490 e. The molecule has 8 nitrogen and oxygen atoms in total. The summed E-state index contributed by atoms with van der Waals surface area (Å²) >= 11 is 6.10. The molecule has 1 fully saturated rings. The first-order chi connectivity index (χ1) is 17.1. The predicted molar refractivity (Wildman–Crippen MR) is 131 cm³/mol. The molecule has 0 radical (unpaired) electrons. The molecule has 10 heteroatoms. The highest BCUT2D eigenvalue weighted by molar-refractivity contribution is 6.34. The Labute approximate surface area is 212 Å². The molecule has 3 amide bonds. The zero-order chi connectivity index (χ0) is 26.0. The Hall–Kier alpha value is -4.16. The molecule has 1 aliphatic rings. The topological polar surface area (TPSA) is 78.3 Å². The van der Waals surface area contributed by atoms with Gasteiger partial charge in [0.05, 0.1) is 18.9 Å². The normalized spacial score (nSPS) is 14.8. The van der Waals surface area contributed by atoms with Gasteiger partial charge in [-0.05, 0) is 55.7 Å². The smallest absolute Gasteiger partial charge is 0.332 e. The fraction of sp³-hybridized carbons (Fsp3) is 0.231. The maximum absolute atomic E-state index is 14.6. The number of ether oxygens (including phenoxy) is 1. The zero-order valence-corrected chi connectivity index (χ0v) is 20.4. The van der Waals surface area contributed by atoms with Crippen LogP contribution in [0.25, 0.3) is 16.0 Å². The first kappa shape index (κ1) is 24.9. The number of imide groups is 1. The Balaban J connectivity index is 1.39. The van der Waals surface area contributed by atoms with E-state index in [2.05, 4.69) is 4.85 Å². The average molecular weight is 510 g/mol. The van der Waals surface area contributed by atoms with Crippen LogP contribution in [0.5, 0.6) is 5.75 Å². The van der Waals surface area contributed by atoms with E-state index in [0.717, 1.165) is 15.2 Å². The van der Waals surface area contributed by atoms with Crippen molar-refractivity contribution in [3.05, 3.63) is 83.2 Å². The monoisotopic (exact) mass is 509 g/mol. The lowest BCUT2D eigenvalue weighted by Gasteiger charge is -2.27. The van der Waals surface area contributed by atoms with Gasteiger partial charge < -0.3 is 9.64 Å². The molecule has 36 heavy (non-hydrogen) atoms. The number of carbonyl (C=O) groups is 2. The summed E-state index contributed by atoms with van der Waals surface area (Å²) in [6, 6.07) is 11.8. The van der Waals surface area contributed by atoms with Crippen LogP contribution in [0.1, 0.15) is 20.3 Å². The lowest BCUT2D eigenvalue weighted by atomic mass is 10.0. The van der Waals surface area contributed by atoms with E-state index in [-0.39, 0.29) is 29.6 Å². The van der Waals surface area contributed by atoms with Crippen molar-refractivity contribution < 1.29 is 28.7 Å². The summed E-state index contributed by atoms with van der Waals surface area (Å²) in [5.74, 6) is -0.868. The summed E-state index contributed by atoms with van der Waals surface area (Å²) in [5.41, 5.74) is 0.795. The quantitative estimate of drug-likeness (QED) is 0.155. The van der Waals surface area contributed by atoms with Crippen LogP contribution in [-0.2, 0) is 4.79 Å². The fourth-order valence-electron chi connectivity index (χ4n) is 3.98. The molecule has 0 bridgehead atoms. The molecule has 1 aliphatic heterocycles. The number of halogens is 2. The number of urea groups is 1. The van der Waals surface area contributed by atoms with Gasteiger partial charge in [0.15, 0.2) is 11.6 Å². The highest BCUT2D eigenvalue weighted by atomic mass is 35.5. The lowest BCUT2D eigenvalue weighted by Crippen LogP contribution is -2.44. The van der Waals surface area contributed by atoms with Crippen LogP contribution >= 0.6 is 11.6 Å². The predicted octanol–water partition coefficient (Wildman–Crippen LogP) is 5.24. The van der Waals surface area contributed by atoms with E-state index in [1.807, 2.05) is 0 Å². The number of anilines is 1. The molecule has 0 atom stereocenters. The summed E-state index contributed by atoms with van der Waals surface area (Å²) in [5, 5.41) is 9.49. The Bertz CT molecular complexity index is 1370. The highest BCUT2D eigenvalue weighted by Gasteiger charge is 2.51. The number of aromatic nitrogens is 1. The molecule has 4 rings (SSSR count).